The second-order valence-electron chi connectivity index (χ2n) is 7.03. The SMILES string of the molecule is CCCCC(CC)COCC(CN(CCOC)Cc1ccccc1)OC. The molecule has 26 heavy (non-hydrogen) atoms. The van der Waals surface area contributed by atoms with Crippen LogP contribution in [0.1, 0.15) is 45.1 Å². The highest BCUT2D eigenvalue weighted by molar-refractivity contribution is 5.14. The molecule has 0 spiro atoms. The number of hydrogen-bond donors (Lipinski definition) is 0. The van der Waals surface area contributed by atoms with Crippen LogP contribution in [0.3, 0.4) is 0 Å². The van der Waals surface area contributed by atoms with Crippen molar-refractivity contribution in [1.82, 2.24) is 4.90 Å². The van der Waals surface area contributed by atoms with Gasteiger partial charge in [-0.1, -0.05) is 63.4 Å². The maximum Gasteiger partial charge on any atom is 0.0931 e. The van der Waals surface area contributed by atoms with Crippen molar-refractivity contribution in [1.29, 1.82) is 0 Å². The maximum absolute atomic E-state index is 6.01. The molecule has 0 aliphatic rings. The molecule has 0 saturated carbocycles. The van der Waals surface area contributed by atoms with Crippen molar-refractivity contribution >= 4 is 0 Å². The first-order chi connectivity index (χ1) is 12.7. The molecule has 1 aromatic carbocycles. The Hall–Kier alpha value is -0.940. The van der Waals surface area contributed by atoms with Gasteiger partial charge in [0, 0.05) is 40.5 Å². The number of hydrogen-bond acceptors (Lipinski definition) is 4. The Bertz CT molecular complexity index is 427. The molecular formula is C22H39NO3. The fourth-order valence-electron chi connectivity index (χ4n) is 3.04. The predicted octanol–water partition coefficient (Wildman–Crippen LogP) is 4.38. The van der Waals surface area contributed by atoms with Crippen molar-refractivity contribution in [2.75, 3.05) is 47.1 Å². The van der Waals surface area contributed by atoms with Crippen LogP contribution in [0.15, 0.2) is 30.3 Å². The molecule has 0 heterocycles. The summed E-state index contributed by atoms with van der Waals surface area (Å²) in [6.07, 6.45) is 5.08. The first-order valence-electron chi connectivity index (χ1n) is 10.1. The second-order valence-corrected chi connectivity index (χ2v) is 7.03. The number of benzene rings is 1. The van der Waals surface area contributed by atoms with E-state index in [-0.39, 0.29) is 6.10 Å². The predicted molar refractivity (Wildman–Crippen MR) is 109 cm³/mol. The zero-order valence-electron chi connectivity index (χ0n) is 17.3. The van der Waals surface area contributed by atoms with Crippen molar-refractivity contribution in [3.05, 3.63) is 35.9 Å². The van der Waals surface area contributed by atoms with Crippen LogP contribution >= 0.6 is 0 Å². The molecule has 150 valence electrons. The van der Waals surface area contributed by atoms with Gasteiger partial charge in [0.1, 0.15) is 0 Å². The lowest BCUT2D eigenvalue weighted by Gasteiger charge is -2.27. The minimum Gasteiger partial charge on any atom is -0.383 e. The van der Waals surface area contributed by atoms with Gasteiger partial charge < -0.3 is 14.2 Å². The van der Waals surface area contributed by atoms with Crippen molar-refractivity contribution in [3.63, 3.8) is 0 Å². The summed E-state index contributed by atoms with van der Waals surface area (Å²) < 4.78 is 17.0. The number of rotatable bonds is 16. The van der Waals surface area contributed by atoms with Gasteiger partial charge in [0.15, 0.2) is 0 Å². The summed E-state index contributed by atoms with van der Waals surface area (Å²) in [5, 5.41) is 0. The molecule has 0 aliphatic carbocycles. The summed E-state index contributed by atoms with van der Waals surface area (Å²) in [5.41, 5.74) is 1.31. The lowest BCUT2D eigenvalue weighted by Crippen LogP contribution is -2.38. The van der Waals surface area contributed by atoms with Crippen LogP contribution in [0, 0.1) is 5.92 Å². The average molecular weight is 366 g/mol. The van der Waals surface area contributed by atoms with E-state index in [0.717, 1.165) is 32.8 Å². The number of unbranched alkanes of at least 4 members (excludes halogenated alkanes) is 1. The highest BCUT2D eigenvalue weighted by Crippen LogP contribution is 2.13. The van der Waals surface area contributed by atoms with Crippen LogP contribution in [0.5, 0.6) is 0 Å². The Labute approximate surface area is 160 Å². The largest absolute Gasteiger partial charge is 0.383 e. The third-order valence-electron chi connectivity index (χ3n) is 4.86. The molecule has 0 N–H and O–H groups in total. The van der Waals surface area contributed by atoms with E-state index < -0.39 is 0 Å². The van der Waals surface area contributed by atoms with Gasteiger partial charge in [0.2, 0.25) is 0 Å². The maximum atomic E-state index is 6.01. The monoisotopic (exact) mass is 365 g/mol. The average Bonchev–Trinajstić information content (AvgIpc) is 2.68. The topological polar surface area (TPSA) is 30.9 Å². The third-order valence-corrected chi connectivity index (χ3v) is 4.86. The first-order valence-corrected chi connectivity index (χ1v) is 10.1. The molecule has 0 amide bonds. The Morgan fingerprint density at radius 1 is 1.04 bits per heavy atom. The van der Waals surface area contributed by atoms with Crippen LogP contribution in [0.4, 0.5) is 0 Å². The lowest BCUT2D eigenvalue weighted by molar-refractivity contribution is -0.0233. The van der Waals surface area contributed by atoms with Gasteiger partial charge in [-0.3, -0.25) is 4.90 Å². The molecule has 0 fully saturated rings. The van der Waals surface area contributed by atoms with Crippen LogP contribution in [0.2, 0.25) is 0 Å². The minimum atomic E-state index is 0.0826. The van der Waals surface area contributed by atoms with Crippen LogP contribution in [-0.4, -0.2) is 58.1 Å². The Morgan fingerprint density at radius 2 is 1.81 bits per heavy atom. The normalized spacial score (nSPS) is 13.9. The van der Waals surface area contributed by atoms with Crippen LogP contribution in [-0.2, 0) is 20.8 Å². The molecule has 4 heteroatoms. The Balaban J connectivity index is 2.46. The molecule has 4 nitrogen and oxygen atoms in total. The molecule has 0 bridgehead atoms. The molecule has 0 aliphatic heterocycles. The fourth-order valence-corrected chi connectivity index (χ4v) is 3.04. The van der Waals surface area contributed by atoms with Crippen molar-refractivity contribution in [2.24, 2.45) is 5.92 Å². The number of methoxy groups -OCH3 is 2. The molecule has 0 aromatic heterocycles. The number of nitrogens with zero attached hydrogens (tertiary/aromatic N) is 1. The Morgan fingerprint density at radius 3 is 2.42 bits per heavy atom. The summed E-state index contributed by atoms with van der Waals surface area (Å²) >= 11 is 0. The summed E-state index contributed by atoms with van der Waals surface area (Å²) in [4.78, 5) is 2.38. The summed E-state index contributed by atoms with van der Waals surface area (Å²) in [5.74, 6) is 0.668. The van der Waals surface area contributed by atoms with Crippen molar-refractivity contribution < 1.29 is 14.2 Å². The number of ether oxygens (including phenoxy) is 3. The summed E-state index contributed by atoms with van der Waals surface area (Å²) in [6.45, 7) is 9.35. The van der Waals surface area contributed by atoms with Gasteiger partial charge in [-0.25, -0.2) is 0 Å². The van der Waals surface area contributed by atoms with E-state index in [1.54, 1.807) is 14.2 Å². The van der Waals surface area contributed by atoms with E-state index in [0.29, 0.717) is 12.5 Å². The minimum absolute atomic E-state index is 0.0826. The highest BCUT2D eigenvalue weighted by atomic mass is 16.5. The molecule has 1 rings (SSSR count). The molecule has 1 aromatic rings. The smallest absolute Gasteiger partial charge is 0.0931 e. The zero-order chi connectivity index (χ0) is 19.0. The fraction of sp³-hybridized carbons (Fsp3) is 0.727. The summed E-state index contributed by atoms with van der Waals surface area (Å²) in [6, 6.07) is 10.6. The third kappa shape index (κ3) is 10.3. The zero-order valence-corrected chi connectivity index (χ0v) is 17.3. The van der Waals surface area contributed by atoms with Gasteiger partial charge in [0.05, 0.1) is 19.3 Å². The standard InChI is InChI=1S/C22H39NO3/c1-5-7-11-20(6-2)18-26-19-22(25-4)17-23(14-15-24-3)16-21-12-9-8-10-13-21/h8-10,12-13,20,22H,5-7,11,14-19H2,1-4H3. The van der Waals surface area contributed by atoms with E-state index in [2.05, 4.69) is 49.1 Å². The van der Waals surface area contributed by atoms with Gasteiger partial charge in [-0.15, -0.1) is 0 Å². The quantitative estimate of drug-likeness (QED) is 0.435. The van der Waals surface area contributed by atoms with E-state index >= 15 is 0 Å². The van der Waals surface area contributed by atoms with E-state index in [4.69, 9.17) is 14.2 Å². The molecule has 2 unspecified atom stereocenters. The van der Waals surface area contributed by atoms with E-state index in [9.17, 15) is 0 Å². The van der Waals surface area contributed by atoms with E-state index in [1.165, 1.54) is 31.2 Å². The molecule has 0 radical (unpaired) electrons. The van der Waals surface area contributed by atoms with Gasteiger partial charge in [0.25, 0.3) is 0 Å². The first kappa shape index (κ1) is 23.1. The lowest BCUT2D eigenvalue weighted by atomic mass is 10.0. The molecular weight excluding hydrogens is 326 g/mol. The van der Waals surface area contributed by atoms with Gasteiger partial charge in [-0.05, 0) is 17.9 Å². The van der Waals surface area contributed by atoms with Crippen molar-refractivity contribution in [3.8, 4) is 0 Å². The summed E-state index contributed by atoms with van der Waals surface area (Å²) in [7, 11) is 3.53. The van der Waals surface area contributed by atoms with Crippen molar-refractivity contribution in [2.45, 2.75) is 52.2 Å². The Kier molecular flexibility index (Phi) is 13.5. The van der Waals surface area contributed by atoms with Crippen LogP contribution < -0.4 is 0 Å². The second kappa shape index (κ2) is 15.2. The molecule has 2 atom stereocenters. The molecule has 0 saturated heterocycles. The van der Waals surface area contributed by atoms with Gasteiger partial charge >= 0.3 is 0 Å². The van der Waals surface area contributed by atoms with Crippen LogP contribution in [0.25, 0.3) is 0 Å². The van der Waals surface area contributed by atoms with E-state index in [1.807, 2.05) is 0 Å². The van der Waals surface area contributed by atoms with Gasteiger partial charge in [-0.2, -0.15) is 0 Å². The highest BCUT2D eigenvalue weighted by Gasteiger charge is 2.15.